The highest BCUT2D eigenvalue weighted by Gasteiger charge is 2.27. The van der Waals surface area contributed by atoms with Crippen molar-refractivity contribution in [3.8, 4) is 0 Å². The van der Waals surface area contributed by atoms with Gasteiger partial charge in [-0.05, 0) is 37.5 Å². The van der Waals surface area contributed by atoms with E-state index >= 15 is 0 Å². The molecule has 2 heterocycles. The maximum absolute atomic E-state index is 6.44. The number of halogens is 1. The van der Waals surface area contributed by atoms with Gasteiger partial charge in [-0.3, -0.25) is 4.40 Å². The average Bonchev–Trinajstić information content (AvgIpc) is 2.83. The Bertz CT molecular complexity index is 476. The molecule has 0 aromatic carbocycles. The molecule has 0 aliphatic heterocycles. The molecule has 3 atom stereocenters. The predicted molar refractivity (Wildman–Crippen MR) is 72.9 cm³/mol. The van der Waals surface area contributed by atoms with Gasteiger partial charge in [0.1, 0.15) is 0 Å². The van der Waals surface area contributed by atoms with Gasteiger partial charge in [-0.2, -0.15) is 0 Å². The van der Waals surface area contributed by atoms with Crippen LogP contribution in [0.25, 0.3) is 4.96 Å². The van der Waals surface area contributed by atoms with E-state index in [2.05, 4.69) is 34.1 Å². The molecule has 1 saturated carbocycles. The summed E-state index contributed by atoms with van der Waals surface area (Å²) in [5, 5.41) is 2.41. The van der Waals surface area contributed by atoms with Crippen LogP contribution in [0.15, 0.2) is 17.8 Å². The van der Waals surface area contributed by atoms with Gasteiger partial charge in [-0.25, -0.2) is 4.98 Å². The van der Waals surface area contributed by atoms with Crippen molar-refractivity contribution in [3.63, 3.8) is 0 Å². The summed E-state index contributed by atoms with van der Waals surface area (Å²) >= 11 is 8.13. The molecule has 0 bridgehead atoms. The van der Waals surface area contributed by atoms with Crippen LogP contribution in [0.2, 0.25) is 0 Å². The van der Waals surface area contributed by atoms with Gasteiger partial charge in [0, 0.05) is 23.2 Å². The summed E-state index contributed by atoms with van der Waals surface area (Å²) in [7, 11) is 0. The molecule has 17 heavy (non-hydrogen) atoms. The van der Waals surface area contributed by atoms with E-state index in [4.69, 9.17) is 11.6 Å². The fraction of sp³-hybridized carbons (Fsp3) is 0.615. The molecule has 0 N–H and O–H groups in total. The Morgan fingerprint density at radius 1 is 1.53 bits per heavy atom. The van der Waals surface area contributed by atoms with Crippen molar-refractivity contribution < 1.29 is 0 Å². The van der Waals surface area contributed by atoms with Crippen LogP contribution >= 0.6 is 22.9 Å². The van der Waals surface area contributed by atoms with Crippen molar-refractivity contribution in [1.29, 1.82) is 0 Å². The Kier molecular flexibility index (Phi) is 3.14. The van der Waals surface area contributed by atoms with Crippen LogP contribution < -0.4 is 0 Å². The van der Waals surface area contributed by atoms with E-state index in [1.165, 1.54) is 18.5 Å². The molecule has 0 spiro atoms. The van der Waals surface area contributed by atoms with Crippen molar-refractivity contribution in [2.45, 2.75) is 38.0 Å². The van der Waals surface area contributed by atoms with Gasteiger partial charge < -0.3 is 0 Å². The van der Waals surface area contributed by atoms with Gasteiger partial charge >= 0.3 is 0 Å². The second-order valence-electron chi connectivity index (χ2n) is 5.22. The first-order chi connectivity index (χ1) is 8.22. The maximum atomic E-state index is 6.44. The summed E-state index contributed by atoms with van der Waals surface area (Å²) in [6.45, 7) is 2.33. The Labute approximate surface area is 111 Å². The van der Waals surface area contributed by atoms with E-state index in [-0.39, 0.29) is 0 Å². The number of rotatable bonds is 2. The first-order valence-electron chi connectivity index (χ1n) is 6.27. The standard InChI is InChI=1S/C13H17ClN2S/c1-9-2-3-12(14)10(6-9)7-11-8-16-4-5-17-13(16)15-11/h4-5,8-10,12H,2-3,6-7H2,1H3. The van der Waals surface area contributed by atoms with E-state index in [1.807, 2.05) is 0 Å². The molecule has 2 nitrogen and oxygen atoms in total. The molecule has 2 aromatic heterocycles. The fourth-order valence-electron chi connectivity index (χ4n) is 2.82. The predicted octanol–water partition coefficient (Wildman–Crippen LogP) is 3.98. The first kappa shape index (κ1) is 11.5. The molecule has 0 saturated heterocycles. The van der Waals surface area contributed by atoms with Crippen LogP contribution in [0.5, 0.6) is 0 Å². The first-order valence-corrected chi connectivity index (χ1v) is 7.59. The van der Waals surface area contributed by atoms with E-state index < -0.39 is 0 Å². The lowest BCUT2D eigenvalue weighted by Gasteiger charge is -2.30. The van der Waals surface area contributed by atoms with E-state index in [1.54, 1.807) is 11.3 Å². The topological polar surface area (TPSA) is 17.3 Å². The summed E-state index contributed by atoms with van der Waals surface area (Å²) < 4.78 is 2.11. The number of nitrogens with zero attached hydrogens (tertiary/aromatic N) is 2. The fourth-order valence-corrected chi connectivity index (χ4v) is 3.85. The molecule has 3 rings (SSSR count). The van der Waals surface area contributed by atoms with Crippen LogP contribution in [-0.2, 0) is 6.42 Å². The Hall–Kier alpha value is -0.540. The molecule has 0 radical (unpaired) electrons. The zero-order valence-electron chi connectivity index (χ0n) is 9.97. The molecule has 92 valence electrons. The van der Waals surface area contributed by atoms with Crippen LogP contribution in [-0.4, -0.2) is 14.8 Å². The Morgan fingerprint density at radius 3 is 3.24 bits per heavy atom. The molecular weight excluding hydrogens is 252 g/mol. The third-order valence-corrected chi connectivity index (χ3v) is 5.11. The number of aromatic nitrogens is 2. The highest BCUT2D eigenvalue weighted by molar-refractivity contribution is 7.15. The van der Waals surface area contributed by atoms with Crippen LogP contribution in [0.1, 0.15) is 31.9 Å². The SMILES string of the molecule is CC1CCC(Cl)C(Cc2cn3ccsc3n2)C1. The molecule has 4 heteroatoms. The van der Waals surface area contributed by atoms with Gasteiger partial charge in [0.25, 0.3) is 0 Å². The highest BCUT2D eigenvalue weighted by Crippen LogP contribution is 2.34. The lowest BCUT2D eigenvalue weighted by Crippen LogP contribution is -2.26. The van der Waals surface area contributed by atoms with Gasteiger partial charge in [0.15, 0.2) is 4.96 Å². The number of fused-ring (bicyclic) bond motifs is 1. The van der Waals surface area contributed by atoms with Crippen molar-refractivity contribution in [3.05, 3.63) is 23.5 Å². The highest BCUT2D eigenvalue weighted by atomic mass is 35.5. The quantitative estimate of drug-likeness (QED) is 0.753. The van der Waals surface area contributed by atoms with E-state index in [0.717, 1.165) is 23.7 Å². The normalized spacial score (nSPS) is 29.9. The number of alkyl halides is 1. The Balaban J connectivity index is 1.75. The number of hydrogen-bond acceptors (Lipinski definition) is 2. The zero-order chi connectivity index (χ0) is 11.8. The number of hydrogen-bond donors (Lipinski definition) is 0. The lowest BCUT2D eigenvalue weighted by molar-refractivity contribution is 0.286. The summed E-state index contributed by atoms with van der Waals surface area (Å²) in [5.41, 5.74) is 1.20. The monoisotopic (exact) mass is 268 g/mol. The van der Waals surface area contributed by atoms with Crippen molar-refractivity contribution in [1.82, 2.24) is 9.38 Å². The molecular formula is C13H17ClN2S. The smallest absolute Gasteiger partial charge is 0.193 e. The van der Waals surface area contributed by atoms with Gasteiger partial charge in [-0.15, -0.1) is 22.9 Å². The molecule has 2 aromatic rings. The number of thiazole rings is 1. The summed E-state index contributed by atoms with van der Waals surface area (Å²) in [6.07, 6.45) is 8.94. The summed E-state index contributed by atoms with van der Waals surface area (Å²) in [5.74, 6) is 1.42. The van der Waals surface area contributed by atoms with E-state index in [9.17, 15) is 0 Å². The third kappa shape index (κ3) is 2.36. The van der Waals surface area contributed by atoms with E-state index in [0.29, 0.717) is 11.3 Å². The molecule has 0 amide bonds. The lowest BCUT2D eigenvalue weighted by atomic mass is 9.80. The minimum atomic E-state index is 0.339. The van der Waals surface area contributed by atoms with Crippen LogP contribution in [0.4, 0.5) is 0 Å². The van der Waals surface area contributed by atoms with Crippen molar-refractivity contribution in [2.24, 2.45) is 11.8 Å². The maximum Gasteiger partial charge on any atom is 0.193 e. The largest absolute Gasteiger partial charge is 0.297 e. The molecule has 1 fully saturated rings. The average molecular weight is 269 g/mol. The molecule has 3 unspecified atom stereocenters. The van der Waals surface area contributed by atoms with Crippen molar-refractivity contribution in [2.75, 3.05) is 0 Å². The third-order valence-electron chi connectivity index (χ3n) is 3.77. The zero-order valence-corrected chi connectivity index (χ0v) is 11.5. The van der Waals surface area contributed by atoms with Crippen LogP contribution in [0.3, 0.4) is 0 Å². The van der Waals surface area contributed by atoms with Gasteiger partial charge in [0.2, 0.25) is 0 Å². The minimum absolute atomic E-state index is 0.339. The Morgan fingerprint density at radius 2 is 2.41 bits per heavy atom. The summed E-state index contributed by atoms with van der Waals surface area (Å²) in [4.78, 5) is 5.74. The van der Waals surface area contributed by atoms with Gasteiger partial charge in [-0.1, -0.05) is 6.92 Å². The second kappa shape index (κ2) is 4.62. The van der Waals surface area contributed by atoms with Crippen LogP contribution in [0, 0.1) is 11.8 Å². The molecule has 1 aliphatic rings. The number of imidazole rings is 1. The van der Waals surface area contributed by atoms with Crippen molar-refractivity contribution >= 4 is 27.9 Å². The summed E-state index contributed by atoms with van der Waals surface area (Å²) in [6, 6.07) is 0. The van der Waals surface area contributed by atoms with Gasteiger partial charge in [0.05, 0.1) is 5.69 Å². The minimum Gasteiger partial charge on any atom is -0.297 e. The molecule has 1 aliphatic carbocycles. The second-order valence-corrected chi connectivity index (χ2v) is 6.66.